The molecule has 0 bridgehead atoms. The summed E-state index contributed by atoms with van der Waals surface area (Å²) in [6.07, 6.45) is 0. The molecular weight excluding hydrogens is 243 g/mol. The van der Waals surface area contributed by atoms with E-state index >= 15 is 0 Å². The van der Waals surface area contributed by atoms with E-state index < -0.39 is 0 Å². The van der Waals surface area contributed by atoms with Crippen LogP contribution < -0.4 is 5.32 Å². The first-order chi connectivity index (χ1) is 7.63. The molecule has 0 radical (unpaired) electrons. The molecule has 4 heteroatoms. The van der Waals surface area contributed by atoms with Gasteiger partial charge in [0.15, 0.2) is 0 Å². The minimum absolute atomic E-state index is 0.674. The van der Waals surface area contributed by atoms with Crippen LogP contribution in [-0.2, 0) is 6.54 Å². The second-order valence-electron chi connectivity index (χ2n) is 3.82. The topological polar surface area (TPSA) is 27.8 Å². The molecule has 2 nitrogen and oxygen atoms in total. The second kappa shape index (κ2) is 4.66. The van der Waals surface area contributed by atoms with Crippen LogP contribution in [0.2, 0.25) is 10.0 Å². The average molecular weight is 257 g/mol. The summed E-state index contributed by atoms with van der Waals surface area (Å²) < 4.78 is 0. The molecule has 0 atom stereocenters. The molecule has 0 spiro atoms. The first-order valence-electron chi connectivity index (χ1n) is 5.30. The van der Waals surface area contributed by atoms with Crippen molar-refractivity contribution in [3.8, 4) is 0 Å². The Morgan fingerprint density at radius 3 is 2.75 bits per heavy atom. The van der Waals surface area contributed by atoms with Crippen LogP contribution in [0.1, 0.15) is 18.2 Å². The fourth-order valence-electron chi connectivity index (χ4n) is 1.88. The Bertz CT molecular complexity index is 517. The number of rotatable bonds is 3. The zero-order chi connectivity index (χ0) is 11.7. The van der Waals surface area contributed by atoms with Crippen molar-refractivity contribution in [2.24, 2.45) is 0 Å². The third-order valence-corrected chi connectivity index (χ3v) is 3.21. The van der Waals surface area contributed by atoms with Crippen molar-refractivity contribution in [2.45, 2.75) is 20.4 Å². The standard InChI is InChI=1S/C12H14Cl2N2/c1-3-15-6-10-7(2)16-12-9(10)4-8(13)5-11(12)14/h4-5,15-16H,3,6H2,1-2H3. The Balaban J connectivity index is 2.59. The lowest BCUT2D eigenvalue weighted by Crippen LogP contribution is -2.12. The number of fused-ring (bicyclic) bond motifs is 1. The number of hydrogen-bond acceptors (Lipinski definition) is 1. The summed E-state index contributed by atoms with van der Waals surface area (Å²) in [7, 11) is 0. The number of H-pyrrole nitrogens is 1. The monoisotopic (exact) mass is 256 g/mol. The van der Waals surface area contributed by atoms with E-state index in [-0.39, 0.29) is 0 Å². The molecular formula is C12H14Cl2N2. The number of aromatic nitrogens is 1. The molecule has 1 aromatic carbocycles. The molecule has 0 amide bonds. The van der Waals surface area contributed by atoms with Gasteiger partial charge in [0.25, 0.3) is 0 Å². The van der Waals surface area contributed by atoms with Gasteiger partial charge in [-0.15, -0.1) is 0 Å². The molecule has 1 heterocycles. The highest BCUT2D eigenvalue weighted by molar-refractivity contribution is 6.38. The Kier molecular flexibility index (Phi) is 3.43. The van der Waals surface area contributed by atoms with Crippen LogP contribution in [0.25, 0.3) is 10.9 Å². The van der Waals surface area contributed by atoms with Crippen LogP contribution in [0.5, 0.6) is 0 Å². The van der Waals surface area contributed by atoms with Crippen molar-refractivity contribution >= 4 is 34.1 Å². The Hall–Kier alpha value is -0.700. The maximum Gasteiger partial charge on any atom is 0.0662 e. The lowest BCUT2D eigenvalue weighted by atomic mass is 10.1. The van der Waals surface area contributed by atoms with Crippen LogP contribution in [0, 0.1) is 6.92 Å². The molecule has 16 heavy (non-hydrogen) atoms. The van der Waals surface area contributed by atoms with Gasteiger partial charge in [-0.05, 0) is 31.2 Å². The molecule has 86 valence electrons. The molecule has 0 saturated heterocycles. The van der Waals surface area contributed by atoms with Crippen LogP contribution in [0.4, 0.5) is 0 Å². The number of halogens is 2. The smallest absolute Gasteiger partial charge is 0.0662 e. The van der Waals surface area contributed by atoms with Gasteiger partial charge >= 0.3 is 0 Å². The van der Waals surface area contributed by atoms with E-state index in [0.29, 0.717) is 10.0 Å². The van der Waals surface area contributed by atoms with Crippen molar-refractivity contribution in [3.63, 3.8) is 0 Å². The van der Waals surface area contributed by atoms with Crippen LogP contribution in [-0.4, -0.2) is 11.5 Å². The summed E-state index contributed by atoms with van der Waals surface area (Å²) in [5.74, 6) is 0. The molecule has 2 rings (SSSR count). The zero-order valence-corrected chi connectivity index (χ0v) is 10.8. The molecule has 1 aromatic heterocycles. The highest BCUT2D eigenvalue weighted by Gasteiger charge is 2.11. The average Bonchev–Trinajstić information content (AvgIpc) is 2.53. The van der Waals surface area contributed by atoms with Crippen LogP contribution in [0.3, 0.4) is 0 Å². The quantitative estimate of drug-likeness (QED) is 0.857. The second-order valence-corrected chi connectivity index (χ2v) is 4.66. The first kappa shape index (κ1) is 11.8. The van der Waals surface area contributed by atoms with Gasteiger partial charge in [-0.3, -0.25) is 0 Å². The molecule has 0 aliphatic rings. The van der Waals surface area contributed by atoms with E-state index in [0.717, 1.165) is 29.7 Å². The van der Waals surface area contributed by atoms with E-state index in [2.05, 4.69) is 24.1 Å². The summed E-state index contributed by atoms with van der Waals surface area (Å²) in [5.41, 5.74) is 3.35. The maximum absolute atomic E-state index is 6.15. The predicted octanol–water partition coefficient (Wildman–Crippen LogP) is 3.89. The fourth-order valence-corrected chi connectivity index (χ4v) is 2.42. The zero-order valence-electron chi connectivity index (χ0n) is 9.32. The normalized spacial score (nSPS) is 11.2. The van der Waals surface area contributed by atoms with E-state index in [4.69, 9.17) is 23.2 Å². The summed E-state index contributed by atoms with van der Waals surface area (Å²) in [4.78, 5) is 3.30. The van der Waals surface area contributed by atoms with Gasteiger partial charge in [-0.2, -0.15) is 0 Å². The van der Waals surface area contributed by atoms with Crippen molar-refractivity contribution in [3.05, 3.63) is 33.4 Å². The van der Waals surface area contributed by atoms with Gasteiger partial charge in [-0.1, -0.05) is 30.1 Å². The van der Waals surface area contributed by atoms with Crippen molar-refractivity contribution in [1.82, 2.24) is 10.3 Å². The molecule has 2 aromatic rings. The van der Waals surface area contributed by atoms with Gasteiger partial charge in [0.2, 0.25) is 0 Å². The van der Waals surface area contributed by atoms with E-state index in [1.807, 2.05) is 6.07 Å². The van der Waals surface area contributed by atoms with Crippen molar-refractivity contribution in [1.29, 1.82) is 0 Å². The van der Waals surface area contributed by atoms with Gasteiger partial charge in [0, 0.05) is 22.6 Å². The maximum atomic E-state index is 6.15. The van der Waals surface area contributed by atoms with Crippen molar-refractivity contribution < 1.29 is 0 Å². The lowest BCUT2D eigenvalue weighted by Gasteiger charge is -2.02. The summed E-state index contributed by atoms with van der Waals surface area (Å²) in [5, 5.41) is 5.77. The SMILES string of the molecule is CCNCc1c(C)[nH]c2c(Cl)cc(Cl)cc12. The van der Waals surface area contributed by atoms with E-state index in [1.54, 1.807) is 6.07 Å². The highest BCUT2D eigenvalue weighted by atomic mass is 35.5. The number of nitrogens with one attached hydrogen (secondary N) is 2. The molecule has 0 saturated carbocycles. The number of aromatic amines is 1. The Morgan fingerprint density at radius 2 is 2.06 bits per heavy atom. The largest absolute Gasteiger partial charge is 0.357 e. The van der Waals surface area contributed by atoms with E-state index in [9.17, 15) is 0 Å². The Labute approximate surface area is 105 Å². The van der Waals surface area contributed by atoms with E-state index in [1.165, 1.54) is 5.56 Å². The van der Waals surface area contributed by atoms with Crippen LogP contribution >= 0.6 is 23.2 Å². The molecule has 2 N–H and O–H groups in total. The van der Waals surface area contributed by atoms with Gasteiger partial charge in [0.05, 0.1) is 10.5 Å². The number of benzene rings is 1. The summed E-state index contributed by atoms with van der Waals surface area (Å²) in [6, 6.07) is 3.72. The predicted molar refractivity (Wildman–Crippen MR) is 70.4 cm³/mol. The van der Waals surface area contributed by atoms with Gasteiger partial charge in [-0.25, -0.2) is 0 Å². The van der Waals surface area contributed by atoms with Gasteiger partial charge in [0.1, 0.15) is 0 Å². The molecule has 0 fully saturated rings. The van der Waals surface area contributed by atoms with Crippen molar-refractivity contribution in [2.75, 3.05) is 6.54 Å². The summed E-state index contributed by atoms with van der Waals surface area (Å²) >= 11 is 12.2. The fraction of sp³-hybridized carbons (Fsp3) is 0.333. The number of hydrogen-bond donors (Lipinski definition) is 2. The van der Waals surface area contributed by atoms with Gasteiger partial charge < -0.3 is 10.3 Å². The molecule has 0 unspecified atom stereocenters. The number of aryl methyl sites for hydroxylation is 1. The molecule has 0 aliphatic carbocycles. The molecule has 0 aliphatic heterocycles. The lowest BCUT2D eigenvalue weighted by molar-refractivity contribution is 0.727. The minimum Gasteiger partial charge on any atom is -0.357 e. The van der Waals surface area contributed by atoms with Crippen LogP contribution in [0.15, 0.2) is 12.1 Å². The third-order valence-electron chi connectivity index (χ3n) is 2.70. The minimum atomic E-state index is 0.674. The highest BCUT2D eigenvalue weighted by Crippen LogP contribution is 2.31. The Morgan fingerprint density at radius 1 is 1.31 bits per heavy atom. The third kappa shape index (κ3) is 2.05. The summed E-state index contributed by atoms with van der Waals surface area (Å²) in [6.45, 7) is 5.92. The first-order valence-corrected chi connectivity index (χ1v) is 6.06.